The van der Waals surface area contributed by atoms with Crippen LogP contribution in [0.15, 0.2) is 24.3 Å². The van der Waals surface area contributed by atoms with Crippen LogP contribution in [0, 0.1) is 17.2 Å². The van der Waals surface area contributed by atoms with Crippen molar-refractivity contribution >= 4 is 11.9 Å². The number of carboxylic acid groups (broad SMARTS) is 1. The van der Waals surface area contributed by atoms with Crippen LogP contribution in [0.3, 0.4) is 0 Å². The Labute approximate surface area is 123 Å². The zero-order chi connectivity index (χ0) is 15.5. The summed E-state index contributed by atoms with van der Waals surface area (Å²) in [5, 5.41) is 21.0. The Kier molecular flexibility index (Phi) is 4.27. The number of hydrogen-bond donors (Lipinski definition) is 2. The van der Waals surface area contributed by atoms with Crippen molar-refractivity contribution < 1.29 is 14.7 Å². The molecule has 1 aromatic carbocycles. The number of carboxylic acids is 1. The number of carbonyl (C=O) groups is 2. The minimum Gasteiger partial charge on any atom is -0.479 e. The van der Waals surface area contributed by atoms with E-state index in [4.69, 9.17) is 5.26 Å². The van der Waals surface area contributed by atoms with Crippen LogP contribution in [-0.4, -0.2) is 22.5 Å². The van der Waals surface area contributed by atoms with E-state index >= 15 is 0 Å². The van der Waals surface area contributed by atoms with Gasteiger partial charge in [0.15, 0.2) is 0 Å². The Bertz CT molecular complexity index is 589. The number of benzene rings is 1. The van der Waals surface area contributed by atoms with E-state index in [1.165, 1.54) is 12.1 Å². The molecule has 0 radical (unpaired) electrons. The van der Waals surface area contributed by atoms with E-state index in [1.807, 2.05) is 13.0 Å². The molecule has 5 nitrogen and oxygen atoms in total. The molecule has 0 aliphatic heterocycles. The molecule has 0 saturated heterocycles. The Morgan fingerprint density at radius 2 is 2.00 bits per heavy atom. The van der Waals surface area contributed by atoms with Crippen molar-refractivity contribution in [1.29, 1.82) is 5.26 Å². The number of amides is 1. The number of nitrogens with one attached hydrogen (secondary N) is 1. The highest BCUT2D eigenvalue weighted by Crippen LogP contribution is 2.34. The number of hydrogen-bond acceptors (Lipinski definition) is 3. The minimum atomic E-state index is -1.19. The molecular formula is C16H18N2O3. The van der Waals surface area contributed by atoms with Crippen molar-refractivity contribution in [3.05, 3.63) is 35.4 Å². The summed E-state index contributed by atoms with van der Waals surface area (Å²) in [6.07, 6.45) is 3.03. The first-order chi connectivity index (χ1) is 9.99. The van der Waals surface area contributed by atoms with Crippen LogP contribution in [0.4, 0.5) is 0 Å². The predicted octanol–water partition coefficient (Wildman–Crippen LogP) is 2.32. The lowest BCUT2D eigenvalue weighted by molar-refractivity contribution is -0.148. The second-order valence-corrected chi connectivity index (χ2v) is 5.57. The van der Waals surface area contributed by atoms with Crippen LogP contribution in [0.25, 0.3) is 0 Å². The van der Waals surface area contributed by atoms with Gasteiger partial charge >= 0.3 is 5.97 Å². The molecule has 21 heavy (non-hydrogen) atoms. The number of rotatable bonds is 3. The molecule has 0 bridgehead atoms. The van der Waals surface area contributed by atoms with Crippen molar-refractivity contribution in [2.45, 2.75) is 38.1 Å². The van der Waals surface area contributed by atoms with Gasteiger partial charge in [-0.25, -0.2) is 4.79 Å². The lowest BCUT2D eigenvalue weighted by atomic mass is 9.73. The Morgan fingerprint density at radius 1 is 1.33 bits per heavy atom. The molecular weight excluding hydrogens is 268 g/mol. The summed E-state index contributed by atoms with van der Waals surface area (Å²) in [7, 11) is 0. The largest absolute Gasteiger partial charge is 0.479 e. The highest BCUT2D eigenvalue weighted by atomic mass is 16.4. The highest BCUT2D eigenvalue weighted by molar-refractivity contribution is 5.98. The normalized spacial score (nSPS) is 24.9. The maximum atomic E-state index is 12.3. The standard InChI is InChI=1S/C16H18N2O3/c1-11-4-2-3-9-16(11,15(20)21)18-14(19)13-7-5-12(10-17)6-8-13/h5-8,11H,2-4,9H2,1H3,(H,18,19)(H,20,21). The first-order valence-electron chi connectivity index (χ1n) is 7.05. The van der Waals surface area contributed by atoms with Crippen LogP contribution in [0.5, 0.6) is 0 Å². The second kappa shape index (κ2) is 5.96. The predicted molar refractivity (Wildman–Crippen MR) is 76.6 cm³/mol. The first kappa shape index (κ1) is 15.0. The minimum absolute atomic E-state index is 0.105. The molecule has 110 valence electrons. The molecule has 5 heteroatoms. The Balaban J connectivity index is 2.22. The topological polar surface area (TPSA) is 90.2 Å². The quantitative estimate of drug-likeness (QED) is 0.892. The van der Waals surface area contributed by atoms with E-state index in [0.717, 1.165) is 19.3 Å². The summed E-state index contributed by atoms with van der Waals surface area (Å²) in [4.78, 5) is 24.0. The third-order valence-corrected chi connectivity index (χ3v) is 4.29. The van der Waals surface area contributed by atoms with Gasteiger partial charge in [0.25, 0.3) is 5.91 Å². The Hall–Kier alpha value is -2.35. The summed E-state index contributed by atoms with van der Waals surface area (Å²) < 4.78 is 0. The van der Waals surface area contributed by atoms with Crippen molar-refractivity contribution in [1.82, 2.24) is 5.32 Å². The van der Waals surface area contributed by atoms with Crippen molar-refractivity contribution in [3.8, 4) is 6.07 Å². The van der Waals surface area contributed by atoms with Gasteiger partial charge in [0.2, 0.25) is 0 Å². The fourth-order valence-corrected chi connectivity index (χ4v) is 2.87. The molecule has 2 N–H and O–H groups in total. The SMILES string of the molecule is CC1CCCCC1(NC(=O)c1ccc(C#N)cc1)C(=O)O. The van der Waals surface area contributed by atoms with Crippen molar-refractivity contribution in [3.63, 3.8) is 0 Å². The summed E-state index contributed by atoms with van der Waals surface area (Å²) in [5.41, 5.74) is -0.360. The van der Waals surface area contributed by atoms with Crippen LogP contribution in [-0.2, 0) is 4.79 Å². The van der Waals surface area contributed by atoms with E-state index < -0.39 is 17.4 Å². The van der Waals surface area contributed by atoms with Gasteiger partial charge in [-0.15, -0.1) is 0 Å². The smallest absolute Gasteiger partial charge is 0.329 e. The van der Waals surface area contributed by atoms with E-state index in [0.29, 0.717) is 17.5 Å². The van der Waals surface area contributed by atoms with Gasteiger partial charge in [0, 0.05) is 5.56 Å². The molecule has 1 aliphatic carbocycles. The number of nitrogens with zero attached hydrogens (tertiary/aromatic N) is 1. The monoisotopic (exact) mass is 286 g/mol. The van der Waals surface area contributed by atoms with Crippen LogP contribution in [0.1, 0.15) is 48.5 Å². The molecule has 2 rings (SSSR count). The van der Waals surface area contributed by atoms with Gasteiger partial charge in [-0.1, -0.05) is 19.8 Å². The zero-order valence-corrected chi connectivity index (χ0v) is 11.9. The molecule has 2 atom stereocenters. The maximum Gasteiger partial charge on any atom is 0.329 e. The first-order valence-corrected chi connectivity index (χ1v) is 7.05. The van der Waals surface area contributed by atoms with Crippen LogP contribution >= 0.6 is 0 Å². The molecule has 1 aromatic rings. The van der Waals surface area contributed by atoms with Gasteiger partial charge in [0.1, 0.15) is 5.54 Å². The fourth-order valence-electron chi connectivity index (χ4n) is 2.87. The van der Waals surface area contributed by atoms with Crippen LogP contribution in [0.2, 0.25) is 0 Å². The van der Waals surface area contributed by atoms with Gasteiger partial charge in [-0.05, 0) is 43.0 Å². The molecule has 1 aliphatic rings. The van der Waals surface area contributed by atoms with E-state index in [1.54, 1.807) is 12.1 Å². The highest BCUT2D eigenvalue weighted by Gasteiger charge is 2.46. The van der Waals surface area contributed by atoms with Crippen molar-refractivity contribution in [2.75, 3.05) is 0 Å². The van der Waals surface area contributed by atoms with Gasteiger partial charge in [0.05, 0.1) is 11.6 Å². The number of nitriles is 1. The third kappa shape index (κ3) is 2.89. The lowest BCUT2D eigenvalue weighted by Crippen LogP contribution is -2.60. The molecule has 2 unspecified atom stereocenters. The number of aliphatic carboxylic acids is 1. The molecule has 1 saturated carbocycles. The third-order valence-electron chi connectivity index (χ3n) is 4.29. The summed E-state index contributed by atoms with van der Waals surface area (Å²) in [6.45, 7) is 1.87. The lowest BCUT2D eigenvalue weighted by Gasteiger charge is -2.39. The molecule has 1 fully saturated rings. The molecule has 0 spiro atoms. The average Bonchev–Trinajstić information content (AvgIpc) is 2.49. The fraction of sp³-hybridized carbons (Fsp3) is 0.438. The van der Waals surface area contributed by atoms with Gasteiger partial charge < -0.3 is 10.4 Å². The second-order valence-electron chi connectivity index (χ2n) is 5.57. The Morgan fingerprint density at radius 3 is 2.52 bits per heavy atom. The molecule has 0 heterocycles. The summed E-state index contributed by atoms with van der Waals surface area (Å²) >= 11 is 0. The van der Waals surface area contributed by atoms with E-state index in [2.05, 4.69) is 5.32 Å². The van der Waals surface area contributed by atoms with E-state index in [9.17, 15) is 14.7 Å². The van der Waals surface area contributed by atoms with Gasteiger partial charge in [-0.2, -0.15) is 5.26 Å². The number of carbonyl (C=O) groups excluding carboxylic acids is 1. The van der Waals surface area contributed by atoms with Crippen molar-refractivity contribution in [2.24, 2.45) is 5.92 Å². The summed E-state index contributed by atoms with van der Waals surface area (Å²) in [6, 6.07) is 8.16. The zero-order valence-electron chi connectivity index (χ0n) is 11.9. The van der Waals surface area contributed by atoms with Crippen LogP contribution < -0.4 is 5.32 Å². The molecule has 1 amide bonds. The van der Waals surface area contributed by atoms with E-state index in [-0.39, 0.29) is 5.92 Å². The molecule has 0 aromatic heterocycles. The maximum absolute atomic E-state index is 12.3. The average molecular weight is 286 g/mol. The van der Waals surface area contributed by atoms with Gasteiger partial charge in [-0.3, -0.25) is 4.79 Å². The summed E-state index contributed by atoms with van der Waals surface area (Å²) in [5.74, 6) is -1.49.